The summed E-state index contributed by atoms with van der Waals surface area (Å²) in [7, 11) is 0. The molecule has 3 fully saturated rings. The number of amides is 1. The van der Waals surface area contributed by atoms with Gasteiger partial charge in [0.1, 0.15) is 5.82 Å². The highest BCUT2D eigenvalue weighted by Gasteiger charge is 2.56. The number of hydrogen-bond donors (Lipinski definition) is 0. The number of piperidine rings is 1. The maximum absolute atomic E-state index is 15.2. The number of carbonyl (C=O) groups is 1. The van der Waals surface area contributed by atoms with Crippen LogP contribution in [-0.4, -0.2) is 63.3 Å². The Balaban J connectivity index is 1.13. The Hall–Kier alpha value is -2.74. The lowest BCUT2D eigenvalue weighted by Gasteiger charge is -2.30. The van der Waals surface area contributed by atoms with Crippen molar-refractivity contribution in [2.24, 2.45) is 17.8 Å². The van der Waals surface area contributed by atoms with Crippen molar-refractivity contribution in [3.05, 3.63) is 82.3 Å². The van der Waals surface area contributed by atoms with Crippen LogP contribution in [-0.2, 0) is 11.2 Å². The van der Waals surface area contributed by atoms with Crippen molar-refractivity contribution in [1.29, 1.82) is 0 Å². The van der Waals surface area contributed by atoms with E-state index in [4.69, 9.17) is 4.74 Å². The van der Waals surface area contributed by atoms with Crippen molar-refractivity contribution < 1.29 is 13.9 Å². The molecule has 36 heavy (non-hydrogen) atoms. The number of morpholine rings is 1. The first-order chi connectivity index (χ1) is 17.7. The molecule has 1 saturated carbocycles. The summed E-state index contributed by atoms with van der Waals surface area (Å²) in [6, 6.07) is 19.7. The minimum absolute atomic E-state index is 0.0329. The topological polar surface area (TPSA) is 36.0 Å². The summed E-state index contributed by atoms with van der Waals surface area (Å²) in [6.07, 6.45) is 1.07. The maximum Gasteiger partial charge on any atom is 0.268 e. The van der Waals surface area contributed by atoms with Gasteiger partial charge in [-0.15, -0.1) is 11.3 Å². The van der Waals surface area contributed by atoms with Crippen molar-refractivity contribution in [3.63, 3.8) is 0 Å². The minimum Gasteiger partial charge on any atom is -0.378 e. The Kier molecular flexibility index (Phi) is 6.78. The summed E-state index contributed by atoms with van der Waals surface area (Å²) in [5.41, 5.74) is 2.61. The predicted octanol–water partition coefficient (Wildman–Crippen LogP) is 4.79. The molecule has 188 valence electrons. The number of nitrogens with zero attached hydrogens (tertiary/aromatic N) is 3. The monoisotopic (exact) mass is 505 g/mol. The van der Waals surface area contributed by atoms with Crippen LogP contribution in [0.2, 0.25) is 0 Å². The van der Waals surface area contributed by atoms with Gasteiger partial charge in [-0.25, -0.2) is 4.39 Å². The van der Waals surface area contributed by atoms with E-state index < -0.39 is 0 Å². The highest BCUT2D eigenvalue weighted by molar-refractivity contribution is 7.12. The molecule has 0 spiro atoms. The van der Waals surface area contributed by atoms with Gasteiger partial charge in [-0.05, 0) is 59.4 Å². The lowest BCUT2D eigenvalue weighted by molar-refractivity contribution is 0.0988. The molecule has 2 aromatic carbocycles. The molecule has 1 aliphatic carbocycles. The third-order valence-electron chi connectivity index (χ3n) is 7.97. The molecule has 0 bridgehead atoms. The number of hydrogen-bond acceptors (Lipinski definition) is 5. The predicted molar refractivity (Wildman–Crippen MR) is 142 cm³/mol. The number of carbonyl (C=O) groups excluding carboxylic acids is 1. The molecule has 0 N–H and O–H groups in total. The summed E-state index contributed by atoms with van der Waals surface area (Å²) in [5, 5.41) is 1.92. The first-order valence-electron chi connectivity index (χ1n) is 12.9. The summed E-state index contributed by atoms with van der Waals surface area (Å²) in [6.45, 7) is 6.49. The summed E-state index contributed by atoms with van der Waals surface area (Å²) >= 11 is 1.44. The Labute approximate surface area is 216 Å². The molecule has 2 unspecified atom stereocenters. The van der Waals surface area contributed by atoms with Crippen molar-refractivity contribution in [2.45, 2.75) is 6.42 Å². The van der Waals surface area contributed by atoms with Crippen LogP contribution in [0.5, 0.6) is 0 Å². The average Bonchev–Trinajstić information content (AvgIpc) is 3.31. The van der Waals surface area contributed by atoms with Gasteiger partial charge in [0.15, 0.2) is 0 Å². The normalized spacial score (nSPS) is 23.5. The van der Waals surface area contributed by atoms with E-state index in [-0.39, 0.29) is 11.7 Å². The summed E-state index contributed by atoms with van der Waals surface area (Å²) < 4.78 is 20.6. The van der Waals surface area contributed by atoms with Crippen molar-refractivity contribution >= 4 is 28.6 Å². The molecule has 2 atom stereocenters. The molecule has 3 heterocycles. The first-order valence-corrected chi connectivity index (χ1v) is 13.8. The van der Waals surface area contributed by atoms with Crippen molar-refractivity contribution in [2.75, 3.05) is 62.3 Å². The molecule has 0 radical (unpaired) electrons. The van der Waals surface area contributed by atoms with E-state index >= 15 is 4.39 Å². The highest BCUT2D eigenvalue weighted by atomic mass is 32.1. The van der Waals surface area contributed by atoms with Gasteiger partial charge in [0, 0.05) is 45.0 Å². The standard InChI is InChI=1S/C29H32FN3O2S/c30-26-17-22(8-9-27(26)32-12-14-35-15-13-32)33(29(34)28-7-4-16-36-28)20-25-23-18-31(19-24(23)25)11-10-21-5-2-1-3-6-21/h1-9,16-17,23-25H,10-15,18-20H2. The third-order valence-corrected chi connectivity index (χ3v) is 8.83. The fourth-order valence-corrected chi connectivity index (χ4v) is 6.57. The van der Waals surface area contributed by atoms with Crippen LogP contribution >= 0.6 is 11.3 Å². The zero-order valence-electron chi connectivity index (χ0n) is 20.4. The van der Waals surface area contributed by atoms with E-state index in [1.54, 1.807) is 6.07 Å². The Morgan fingerprint density at radius 1 is 1.03 bits per heavy atom. The Morgan fingerprint density at radius 2 is 1.81 bits per heavy atom. The molecule has 7 heteroatoms. The van der Waals surface area contributed by atoms with Gasteiger partial charge in [-0.3, -0.25) is 4.79 Å². The number of likely N-dealkylation sites (tertiary alicyclic amines) is 1. The summed E-state index contributed by atoms with van der Waals surface area (Å²) in [5.74, 6) is 1.41. The van der Waals surface area contributed by atoms with Crippen LogP contribution in [0.3, 0.4) is 0 Å². The molecule has 3 aliphatic rings. The number of halogens is 1. The third kappa shape index (κ3) is 4.92. The molecule has 3 aromatic rings. The van der Waals surface area contributed by atoms with Crippen LogP contribution in [0.25, 0.3) is 0 Å². The molecule has 6 rings (SSSR count). The Morgan fingerprint density at radius 3 is 2.50 bits per heavy atom. The van der Waals surface area contributed by atoms with E-state index in [2.05, 4.69) is 35.2 Å². The largest absolute Gasteiger partial charge is 0.378 e. The van der Waals surface area contributed by atoms with E-state index in [1.807, 2.05) is 39.4 Å². The van der Waals surface area contributed by atoms with Gasteiger partial charge in [0.25, 0.3) is 5.91 Å². The van der Waals surface area contributed by atoms with E-state index in [9.17, 15) is 4.79 Å². The van der Waals surface area contributed by atoms with Gasteiger partial charge >= 0.3 is 0 Å². The van der Waals surface area contributed by atoms with E-state index in [1.165, 1.54) is 16.9 Å². The first kappa shape index (κ1) is 23.6. The number of benzene rings is 2. The van der Waals surface area contributed by atoms with Gasteiger partial charge in [-0.2, -0.15) is 0 Å². The van der Waals surface area contributed by atoms with Crippen LogP contribution in [0.4, 0.5) is 15.8 Å². The smallest absolute Gasteiger partial charge is 0.268 e. The number of ether oxygens (including phenoxy) is 1. The average molecular weight is 506 g/mol. The Bertz CT molecular complexity index is 1170. The van der Waals surface area contributed by atoms with Crippen LogP contribution in [0.1, 0.15) is 15.2 Å². The molecular weight excluding hydrogens is 473 g/mol. The number of thiophene rings is 1. The van der Waals surface area contributed by atoms with Crippen LogP contribution in [0, 0.1) is 23.6 Å². The zero-order chi connectivity index (χ0) is 24.5. The van der Waals surface area contributed by atoms with Crippen LogP contribution in [0.15, 0.2) is 66.0 Å². The van der Waals surface area contributed by atoms with Gasteiger partial charge in [-0.1, -0.05) is 36.4 Å². The number of rotatable bonds is 8. The van der Waals surface area contributed by atoms with Gasteiger partial charge in [0.05, 0.1) is 23.8 Å². The molecular formula is C29H32FN3O2S. The lowest BCUT2D eigenvalue weighted by Crippen LogP contribution is -2.37. The molecule has 1 aromatic heterocycles. The zero-order valence-corrected chi connectivity index (χ0v) is 21.2. The minimum atomic E-state index is -0.276. The fraction of sp³-hybridized carbons (Fsp3) is 0.414. The van der Waals surface area contributed by atoms with Crippen molar-refractivity contribution in [1.82, 2.24) is 4.90 Å². The molecule has 2 aliphatic heterocycles. The molecule has 1 amide bonds. The maximum atomic E-state index is 15.2. The molecule has 5 nitrogen and oxygen atoms in total. The quantitative estimate of drug-likeness (QED) is 0.441. The van der Waals surface area contributed by atoms with Gasteiger partial charge < -0.3 is 19.4 Å². The fourth-order valence-electron chi connectivity index (χ4n) is 5.90. The highest BCUT2D eigenvalue weighted by Crippen LogP contribution is 2.52. The summed E-state index contributed by atoms with van der Waals surface area (Å²) in [4.78, 5) is 20.6. The SMILES string of the molecule is O=C(c1cccs1)N(CC1C2CN(CCc3ccccc3)CC21)c1ccc(N2CCOCC2)c(F)c1. The van der Waals surface area contributed by atoms with Gasteiger partial charge in [0.2, 0.25) is 0 Å². The van der Waals surface area contributed by atoms with Crippen molar-refractivity contribution in [3.8, 4) is 0 Å². The second kappa shape index (κ2) is 10.3. The van der Waals surface area contributed by atoms with E-state index in [0.29, 0.717) is 66.9 Å². The number of anilines is 2. The van der Waals surface area contributed by atoms with E-state index in [0.717, 1.165) is 26.1 Å². The van der Waals surface area contributed by atoms with Crippen LogP contribution < -0.4 is 9.80 Å². The second-order valence-electron chi connectivity index (χ2n) is 10.1. The molecule has 2 saturated heterocycles. The second-order valence-corrected chi connectivity index (χ2v) is 11.1. The number of fused-ring (bicyclic) bond motifs is 1. The lowest BCUT2D eigenvalue weighted by atomic mass is 10.1.